The zero-order valence-electron chi connectivity index (χ0n) is 12.0. The maximum atomic E-state index is 11.0. The van der Waals surface area contributed by atoms with Crippen molar-refractivity contribution in [2.24, 2.45) is 0 Å². The zero-order chi connectivity index (χ0) is 15.2. The van der Waals surface area contributed by atoms with Crippen LogP contribution in [0.1, 0.15) is 13.8 Å². The third-order valence-electron chi connectivity index (χ3n) is 2.79. The Bertz CT molecular complexity index is 599. The largest absolute Gasteiger partial charge is 0.370 e. The van der Waals surface area contributed by atoms with Crippen LogP contribution in [0.3, 0.4) is 0 Å². The summed E-state index contributed by atoms with van der Waals surface area (Å²) in [5.74, 6) is 0.959. The summed E-state index contributed by atoms with van der Waals surface area (Å²) in [4.78, 5) is 14.9. The van der Waals surface area contributed by atoms with E-state index in [2.05, 4.69) is 20.7 Å². The number of pyridine rings is 1. The molecule has 1 atom stereocenters. The molecule has 0 aliphatic rings. The lowest BCUT2D eigenvalue weighted by molar-refractivity contribution is -0.384. The molecular formula is C13H18N6O2. The summed E-state index contributed by atoms with van der Waals surface area (Å²) in [6, 6.07) is 4.74. The molecule has 8 nitrogen and oxygen atoms in total. The van der Waals surface area contributed by atoms with Crippen molar-refractivity contribution in [1.29, 1.82) is 0 Å². The number of anilines is 2. The average molecular weight is 290 g/mol. The smallest absolute Gasteiger partial charge is 0.276 e. The Kier molecular flexibility index (Phi) is 4.70. The van der Waals surface area contributed by atoms with Gasteiger partial charge in [0.2, 0.25) is 0 Å². The number of nitrogens with zero attached hydrogens (tertiary/aromatic N) is 4. The molecule has 0 aliphatic carbocycles. The van der Waals surface area contributed by atoms with Crippen molar-refractivity contribution in [3.05, 3.63) is 40.7 Å². The van der Waals surface area contributed by atoms with Gasteiger partial charge in [0.1, 0.15) is 11.6 Å². The Morgan fingerprint density at radius 2 is 2.19 bits per heavy atom. The summed E-state index contributed by atoms with van der Waals surface area (Å²) >= 11 is 0. The molecule has 8 heteroatoms. The number of hydrogen-bond donors (Lipinski definition) is 2. The first-order chi connectivity index (χ1) is 10.1. The molecule has 0 saturated carbocycles. The first-order valence-electron chi connectivity index (χ1n) is 6.72. The molecular weight excluding hydrogens is 272 g/mol. The van der Waals surface area contributed by atoms with Gasteiger partial charge < -0.3 is 10.6 Å². The molecule has 2 rings (SSSR count). The fourth-order valence-corrected chi connectivity index (χ4v) is 1.95. The SMILES string of the molecule is CCNc1cc([N+](=O)[O-])cc(NC(C)Cn2cccn2)n1. The highest BCUT2D eigenvalue weighted by Crippen LogP contribution is 2.21. The molecule has 0 radical (unpaired) electrons. The van der Waals surface area contributed by atoms with Gasteiger partial charge in [-0.05, 0) is 19.9 Å². The van der Waals surface area contributed by atoms with Gasteiger partial charge in [-0.1, -0.05) is 0 Å². The number of aromatic nitrogens is 3. The maximum Gasteiger partial charge on any atom is 0.276 e. The second kappa shape index (κ2) is 6.69. The minimum Gasteiger partial charge on any atom is -0.370 e. The molecule has 0 aromatic carbocycles. The Hall–Kier alpha value is -2.64. The molecule has 2 heterocycles. The van der Waals surface area contributed by atoms with E-state index in [1.807, 2.05) is 26.1 Å². The van der Waals surface area contributed by atoms with Crippen molar-refractivity contribution in [2.45, 2.75) is 26.4 Å². The third kappa shape index (κ3) is 4.16. The van der Waals surface area contributed by atoms with Crippen molar-refractivity contribution in [1.82, 2.24) is 14.8 Å². The van der Waals surface area contributed by atoms with Crippen molar-refractivity contribution in [2.75, 3.05) is 17.2 Å². The molecule has 0 saturated heterocycles. The van der Waals surface area contributed by atoms with Gasteiger partial charge in [0.25, 0.3) is 5.69 Å². The highest BCUT2D eigenvalue weighted by Gasteiger charge is 2.12. The van der Waals surface area contributed by atoms with Crippen LogP contribution in [-0.2, 0) is 6.54 Å². The Balaban J connectivity index is 2.12. The maximum absolute atomic E-state index is 11.0. The van der Waals surface area contributed by atoms with Crippen LogP contribution < -0.4 is 10.6 Å². The standard InChI is InChI=1S/C13H18N6O2/c1-3-14-12-7-11(19(20)21)8-13(17-12)16-10(2)9-18-6-4-5-15-18/h4-8,10H,3,9H2,1-2H3,(H2,14,16,17). The van der Waals surface area contributed by atoms with Crippen molar-refractivity contribution in [3.8, 4) is 0 Å². The van der Waals surface area contributed by atoms with Gasteiger partial charge in [0.15, 0.2) is 0 Å². The second-order valence-corrected chi connectivity index (χ2v) is 4.66. The van der Waals surface area contributed by atoms with E-state index in [4.69, 9.17) is 0 Å². The number of nitro groups is 1. The van der Waals surface area contributed by atoms with E-state index >= 15 is 0 Å². The van der Waals surface area contributed by atoms with Gasteiger partial charge in [-0.2, -0.15) is 5.10 Å². The molecule has 21 heavy (non-hydrogen) atoms. The summed E-state index contributed by atoms with van der Waals surface area (Å²) in [6.07, 6.45) is 3.57. The first kappa shape index (κ1) is 14.8. The van der Waals surface area contributed by atoms with E-state index in [0.29, 0.717) is 24.7 Å². The van der Waals surface area contributed by atoms with Gasteiger partial charge in [-0.3, -0.25) is 14.8 Å². The molecule has 0 bridgehead atoms. The summed E-state index contributed by atoms with van der Waals surface area (Å²) in [5, 5.41) is 21.2. The highest BCUT2D eigenvalue weighted by molar-refractivity contribution is 5.54. The van der Waals surface area contributed by atoms with Gasteiger partial charge in [-0.15, -0.1) is 0 Å². The van der Waals surface area contributed by atoms with Crippen LogP contribution in [-0.4, -0.2) is 32.3 Å². The van der Waals surface area contributed by atoms with E-state index < -0.39 is 4.92 Å². The van der Waals surface area contributed by atoms with Crippen molar-refractivity contribution in [3.63, 3.8) is 0 Å². The molecule has 112 valence electrons. The minimum atomic E-state index is -0.425. The molecule has 0 spiro atoms. The van der Waals surface area contributed by atoms with Crippen LogP contribution in [0, 0.1) is 10.1 Å². The highest BCUT2D eigenvalue weighted by atomic mass is 16.6. The lowest BCUT2D eigenvalue weighted by Crippen LogP contribution is -2.23. The van der Waals surface area contributed by atoms with E-state index in [0.717, 1.165) is 0 Å². The van der Waals surface area contributed by atoms with Crippen LogP contribution in [0.4, 0.5) is 17.3 Å². The summed E-state index contributed by atoms with van der Waals surface area (Å²) < 4.78 is 1.79. The van der Waals surface area contributed by atoms with Crippen LogP contribution in [0.25, 0.3) is 0 Å². The van der Waals surface area contributed by atoms with E-state index in [1.165, 1.54) is 12.1 Å². The predicted molar refractivity (Wildman–Crippen MR) is 80.4 cm³/mol. The van der Waals surface area contributed by atoms with Crippen LogP contribution in [0.5, 0.6) is 0 Å². The molecule has 2 aromatic heterocycles. The summed E-state index contributed by atoms with van der Waals surface area (Å²) in [7, 11) is 0. The van der Waals surface area contributed by atoms with Crippen LogP contribution in [0.15, 0.2) is 30.6 Å². The van der Waals surface area contributed by atoms with E-state index in [1.54, 1.807) is 10.9 Å². The second-order valence-electron chi connectivity index (χ2n) is 4.66. The zero-order valence-corrected chi connectivity index (χ0v) is 12.0. The van der Waals surface area contributed by atoms with Crippen LogP contribution >= 0.6 is 0 Å². The molecule has 0 fully saturated rings. The van der Waals surface area contributed by atoms with Crippen molar-refractivity contribution < 1.29 is 4.92 Å². The molecule has 2 aromatic rings. The topological polar surface area (TPSA) is 97.9 Å². The summed E-state index contributed by atoms with van der Waals surface area (Å²) in [5.41, 5.74) is 0.00902. The van der Waals surface area contributed by atoms with Crippen molar-refractivity contribution >= 4 is 17.3 Å². The Morgan fingerprint density at radius 3 is 2.81 bits per heavy atom. The fraction of sp³-hybridized carbons (Fsp3) is 0.385. The van der Waals surface area contributed by atoms with Crippen LogP contribution in [0.2, 0.25) is 0 Å². The average Bonchev–Trinajstić information content (AvgIpc) is 2.91. The fourth-order valence-electron chi connectivity index (χ4n) is 1.95. The molecule has 0 amide bonds. The Morgan fingerprint density at radius 1 is 1.43 bits per heavy atom. The van der Waals surface area contributed by atoms with Gasteiger partial charge in [0.05, 0.1) is 23.6 Å². The lowest BCUT2D eigenvalue weighted by atomic mass is 10.3. The quantitative estimate of drug-likeness (QED) is 0.598. The normalized spacial score (nSPS) is 11.9. The number of hydrogen-bond acceptors (Lipinski definition) is 6. The van der Waals surface area contributed by atoms with E-state index in [-0.39, 0.29) is 11.7 Å². The van der Waals surface area contributed by atoms with Gasteiger partial charge in [0, 0.05) is 25.0 Å². The summed E-state index contributed by atoms with van der Waals surface area (Å²) in [6.45, 7) is 5.17. The van der Waals surface area contributed by atoms with Gasteiger partial charge >= 0.3 is 0 Å². The van der Waals surface area contributed by atoms with Gasteiger partial charge in [-0.25, -0.2) is 4.98 Å². The molecule has 1 unspecified atom stereocenters. The minimum absolute atomic E-state index is 0.00902. The van der Waals surface area contributed by atoms with E-state index in [9.17, 15) is 10.1 Å². The first-order valence-corrected chi connectivity index (χ1v) is 6.72. The number of rotatable bonds is 7. The number of nitrogens with one attached hydrogen (secondary N) is 2. The Labute approximate surface area is 122 Å². The monoisotopic (exact) mass is 290 g/mol. The predicted octanol–water partition coefficient (Wildman–Crippen LogP) is 2.12. The third-order valence-corrected chi connectivity index (χ3v) is 2.79. The molecule has 0 aliphatic heterocycles. The lowest BCUT2D eigenvalue weighted by Gasteiger charge is -2.15. The molecule has 2 N–H and O–H groups in total.